The molecule has 1 heteroatoms. The van der Waals surface area contributed by atoms with E-state index in [9.17, 15) is 0 Å². The van der Waals surface area contributed by atoms with Crippen LogP contribution in [0.15, 0.2) is 11.6 Å². The molecule has 0 nitrogen and oxygen atoms in total. The van der Waals surface area contributed by atoms with Gasteiger partial charge in [-0.3, -0.25) is 0 Å². The van der Waals surface area contributed by atoms with Gasteiger partial charge in [-0.1, -0.05) is 41.4 Å². The van der Waals surface area contributed by atoms with E-state index in [0.29, 0.717) is 5.92 Å². The lowest BCUT2D eigenvalue weighted by Crippen LogP contribution is -1.83. The van der Waals surface area contributed by atoms with Crippen LogP contribution in [0.1, 0.15) is 27.2 Å². The summed E-state index contributed by atoms with van der Waals surface area (Å²) in [6.07, 6.45) is 3.49. The van der Waals surface area contributed by atoms with Gasteiger partial charge in [0.25, 0.3) is 0 Å². The SMILES string of the molecule is C/C(=C\C(C)C)CCBr. The molecule has 0 fully saturated rings. The molecule has 0 atom stereocenters. The summed E-state index contributed by atoms with van der Waals surface area (Å²) in [7, 11) is 0. The van der Waals surface area contributed by atoms with E-state index in [1.54, 1.807) is 0 Å². The Kier molecular flexibility index (Phi) is 5.16. The molecular formula is C8H15Br. The molecule has 0 rings (SSSR count). The monoisotopic (exact) mass is 190 g/mol. The summed E-state index contributed by atoms with van der Waals surface area (Å²) in [5, 5.41) is 1.09. The third-order valence-electron chi connectivity index (χ3n) is 1.11. The Hall–Kier alpha value is 0.220. The first-order valence-electron chi connectivity index (χ1n) is 3.40. The van der Waals surface area contributed by atoms with Gasteiger partial charge < -0.3 is 0 Å². The molecule has 0 aromatic heterocycles. The quantitative estimate of drug-likeness (QED) is 0.473. The van der Waals surface area contributed by atoms with Crippen molar-refractivity contribution in [3.8, 4) is 0 Å². The fourth-order valence-corrected chi connectivity index (χ4v) is 1.43. The van der Waals surface area contributed by atoms with Crippen LogP contribution in [-0.2, 0) is 0 Å². The lowest BCUT2D eigenvalue weighted by molar-refractivity contribution is 0.814. The standard InChI is InChI=1S/C8H15Br/c1-7(2)6-8(3)4-5-9/h6-7H,4-5H2,1-3H3/b8-6+. The van der Waals surface area contributed by atoms with E-state index < -0.39 is 0 Å². The number of hydrogen-bond acceptors (Lipinski definition) is 0. The predicted molar refractivity (Wildman–Crippen MR) is 47.0 cm³/mol. The Morgan fingerprint density at radius 1 is 1.56 bits per heavy atom. The minimum atomic E-state index is 0.698. The second kappa shape index (κ2) is 5.04. The van der Waals surface area contributed by atoms with Gasteiger partial charge in [-0.05, 0) is 19.3 Å². The lowest BCUT2D eigenvalue weighted by Gasteiger charge is -1.98. The van der Waals surface area contributed by atoms with E-state index in [-0.39, 0.29) is 0 Å². The van der Waals surface area contributed by atoms with Crippen LogP contribution in [0.25, 0.3) is 0 Å². The summed E-state index contributed by atoms with van der Waals surface area (Å²) in [4.78, 5) is 0. The Labute approximate surface area is 66.5 Å². The molecule has 0 amide bonds. The summed E-state index contributed by atoms with van der Waals surface area (Å²) in [6, 6.07) is 0. The van der Waals surface area contributed by atoms with Gasteiger partial charge in [0.15, 0.2) is 0 Å². The fraction of sp³-hybridized carbons (Fsp3) is 0.750. The highest BCUT2D eigenvalue weighted by Gasteiger charge is 1.89. The van der Waals surface area contributed by atoms with E-state index in [2.05, 4.69) is 42.8 Å². The van der Waals surface area contributed by atoms with Crippen molar-refractivity contribution in [1.82, 2.24) is 0 Å². The molecule has 0 aliphatic carbocycles. The Balaban J connectivity index is 3.55. The van der Waals surface area contributed by atoms with Gasteiger partial charge in [0.2, 0.25) is 0 Å². The Morgan fingerprint density at radius 2 is 2.11 bits per heavy atom. The van der Waals surface area contributed by atoms with E-state index in [1.807, 2.05) is 0 Å². The van der Waals surface area contributed by atoms with Crippen LogP contribution in [0.3, 0.4) is 0 Å². The molecule has 0 saturated heterocycles. The average molecular weight is 191 g/mol. The van der Waals surface area contributed by atoms with E-state index in [4.69, 9.17) is 0 Å². The smallest absolute Gasteiger partial charge is 0.00684 e. The van der Waals surface area contributed by atoms with Crippen molar-refractivity contribution in [2.45, 2.75) is 27.2 Å². The van der Waals surface area contributed by atoms with Gasteiger partial charge >= 0.3 is 0 Å². The summed E-state index contributed by atoms with van der Waals surface area (Å²) in [6.45, 7) is 6.59. The third kappa shape index (κ3) is 6.10. The van der Waals surface area contributed by atoms with Crippen LogP contribution in [0.2, 0.25) is 0 Å². The predicted octanol–water partition coefficient (Wildman–Crippen LogP) is 3.37. The first kappa shape index (κ1) is 9.22. The largest absolute Gasteiger partial charge is 0.0925 e. The van der Waals surface area contributed by atoms with Gasteiger partial charge in [-0.25, -0.2) is 0 Å². The minimum absolute atomic E-state index is 0.698. The van der Waals surface area contributed by atoms with Crippen LogP contribution in [0.4, 0.5) is 0 Å². The second-order valence-electron chi connectivity index (χ2n) is 2.70. The average Bonchev–Trinajstić information content (AvgIpc) is 1.63. The van der Waals surface area contributed by atoms with Crippen LogP contribution >= 0.6 is 15.9 Å². The number of rotatable bonds is 3. The first-order valence-corrected chi connectivity index (χ1v) is 4.52. The van der Waals surface area contributed by atoms with Crippen molar-refractivity contribution in [2.75, 3.05) is 5.33 Å². The van der Waals surface area contributed by atoms with Crippen LogP contribution in [-0.4, -0.2) is 5.33 Å². The summed E-state index contributed by atoms with van der Waals surface area (Å²) < 4.78 is 0. The zero-order valence-corrected chi connectivity index (χ0v) is 8.03. The molecule has 0 N–H and O–H groups in total. The van der Waals surface area contributed by atoms with Crippen LogP contribution in [0.5, 0.6) is 0 Å². The number of halogens is 1. The molecule has 0 bridgehead atoms. The van der Waals surface area contributed by atoms with Crippen molar-refractivity contribution >= 4 is 15.9 Å². The van der Waals surface area contributed by atoms with Crippen molar-refractivity contribution in [2.24, 2.45) is 5.92 Å². The van der Waals surface area contributed by atoms with E-state index in [1.165, 1.54) is 12.0 Å². The van der Waals surface area contributed by atoms with Crippen molar-refractivity contribution < 1.29 is 0 Å². The summed E-state index contributed by atoms with van der Waals surface area (Å²) >= 11 is 3.40. The number of hydrogen-bond donors (Lipinski definition) is 0. The maximum absolute atomic E-state index is 3.40. The molecule has 0 aromatic rings. The second-order valence-corrected chi connectivity index (χ2v) is 3.49. The Morgan fingerprint density at radius 3 is 2.44 bits per heavy atom. The van der Waals surface area contributed by atoms with Crippen molar-refractivity contribution in [3.05, 3.63) is 11.6 Å². The molecule has 0 aliphatic heterocycles. The van der Waals surface area contributed by atoms with Crippen molar-refractivity contribution in [3.63, 3.8) is 0 Å². The molecular weight excluding hydrogens is 176 g/mol. The van der Waals surface area contributed by atoms with Gasteiger partial charge in [-0.2, -0.15) is 0 Å². The summed E-state index contributed by atoms with van der Waals surface area (Å²) in [5.41, 5.74) is 1.49. The molecule has 9 heavy (non-hydrogen) atoms. The molecule has 0 unspecified atom stereocenters. The van der Waals surface area contributed by atoms with E-state index >= 15 is 0 Å². The molecule has 0 heterocycles. The van der Waals surface area contributed by atoms with Crippen molar-refractivity contribution in [1.29, 1.82) is 0 Å². The first-order chi connectivity index (χ1) is 4.16. The zero-order chi connectivity index (χ0) is 7.28. The molecule has 0 aliphatic rings. The molecule has 0 aromatic carbocycles. The topological polar surface area (TPSA) is 0 Å². The number of alkyl halides is 1. The van der Waals surface area contributed by atoms with Gasteiger partial charge in [0.05, 0.1) is 0 Å². The van der Waals surface area contributed by atoms with E-state index in [0.717, 1.165) is 5.33 Å². The highest BCUT2D eigenvalue weighted by atomic mass is 79.9. The normalized spacial score (nSPS) is 12.8. The molecule has 0 radical (unpaired) electrons. The minimum Gasteiger partial charge on any atom is -0.0925 e. The van der Waals surface area contributed by atoms with Gasteiger partial charge in [0.1, 0.15) is 0 Å². The number of allylic oxidation sites excluding steroid dienone is 2. The highest BCUT2D eigenvalue weighted by molar-refractivity contribution is 9.09. The lowest BCUT2D eigenvalue weighted by atomic mass is 10.1. The van der Waals surface area contributed by atoms with Crippen LogP contribution < -0.4 is 0 Å². The molecule has 54 valence electrons. The third-order valence-corrected chi connectivity index (χ3v) is 1.50. The fourth-order valence-electron chi connectivity index (χ4n) is 0.801. The van der Waals surface area contributed by atoms with Gasteiger partial charge in [0, 0.05) is 5.33 Å². The zero-order valence-electron chi connectivity index (χ0n) is 6.45. The molecule has 0 spiro atoms. The van der Waals surface area contributed by atoms with Crippen LogP contribution in [0, 0.1) is 5.92 Å². The maximum atomic E-state index is 3.40. The highest BCUT2D eigenvalue weighted by Crippen LogP contribution is 2.06. The Bertz CT molecular complexity index is 92.7. The van der Waals surface area contributed by atoms with Gasteiger partial charge in [-0.15, -0.1) is 0 Å². The molecule has 0 saturated carbocycles. The maximum Gasteiger partial charge on any atom is 0.00684 e. The summed E-state index contributed by atoms with van der Waals surface area (Å²) in [5.74, 6) is 0.698.